The molecule has 2 N–H and O–H groups in total. The first-order valence-electron chi connectivity index (χ1n) is 6.68. The van der Waals surface area contributed by atoms with Gasteiger partial charge in [-0.25, -0.2) is 0 Å². The van der Waals surface area contributed by atoms with Crippen molar-refractivity contribution in [1.29, 1.82) is 0 Å². The van der Waals surface area contributed by atoms with Crippen LogP contribution in [0.5, 0.6) is 0 Å². The summed E-state index contributed by atoms with van der Waals surface area (Å²) in [6.07, 6.45) is 3.93. The first kappa shape index (κ1) is 13.1. The molecule has 1 fully saturated rings. The van der Waals surface area contributed by atoms with Gasteiger partial charge >= 0.3 is 0 Å². The van der Waals surface area contributed by atoms with Crippen molar-refractivity contribution in [3.63, 3.8) is 0 Å². The molecule has 4 nitrogen and oxygen atoms in total. The highest BCUT2D eigenvalue weighted by Crippen LogP contribution is 2.31. The SMILES string of the molecule is CC(C)CCN1C(=O)CCC(N)C1c1ccco1. The lowest BCUT2D eigenvalue weighted by Crippen LogP contribution is -2.49. The van der Waals surface area contributed by atoms with Gasteiger partial charge < -0.3 is 15.1 Å². The summed E-state index contributed by atoms with van der Waals surface area (Å²) < 4.78 is 5.45. The molecule has 0 aliphatic carbocycles. The Labute approximate surface area is 108 Å². The summed E-state index contributed by atoms with van der Waals surface area (Å²) in [7, 11) is 0. The van der Waals surface area contributed by atoms with E-state index in [1.807, 2.05) is 17.0 Å². The highest BCUT2D eigenvalue weighted by atomic mass is 16.3. The third kappa shape index (κ3) is 2.75. The summed E-state index contributed by atoms with van der Waals surface area (Å²) >= 11 is 0. The Bertz CT molecular complexity index is 387. The van der Waals surface area contributed by atoms with Crippen molar-refractivity contribution in [3.05, 3.63) is 24.2 Å². The number of hydrogen-bond acceptors (Lipinski definition) is 3. The fourth-order valence-electron chi connectivity index (χ4n) is 2.46. The number of amides is 1. The Kier molecular flexibility index (Phi) is 4.07. The van der Waals surface area contributed by atoms with Gasteiger partial charge in [0.05, 0.1) is 6.26 Å². The molecule has 100 valence electrons. The number of hydrogen-bond donors (Lipinski definition) is 1. The average molecular weight is 250 g/mol. The number of piperidine rings is 1. The minimum Gasteiger partial charge on any atom is -0.467 e. The second kappa shape index (κ2) is 5.57. The highest BCUT2D eigenvalue weighted by molar-refractivity contribution is 5.77. The summed E-state index contributed by atoms with van der Waals surface area (Å²) in [5, 5.41) is 0. The Hall–Kier alpha value is -1.29. The van der Waals surface area contributed by atoms with Crippen molar-refractivity contribution in [2.75, 3.05) is 6.54 Å². The van der Waals surface area contributed by atoms with E-state index in [1.165, 1.54) is 0 Å². The molecular weight excluding hydrogens is 228 g/mol. The molecule has 1 aliphatic rings. The van der Waals surface area contributed by atoms with Gasteiger partial charge in [-0.2, -0.15) is 0 Å². The molecule has 18 heavy (non-hydrogen) atoms. The van der Waals surface area contributed by atoms with E-state index in [9.17, 15) is 4.79 Å². The van der Waals surface area contributed by atoms with Gasteiger partial charge in [0.1, 0.15) is 11.8 Å². The molecule has 1 aliphatic heterocycles. The zero-order valence-electron chi connectivity index (χ0n) is 11.1. The van der Waals surface area contributed by atoms with Crippen molar-refractivity contribution in [2.24, 2.45) is 11.7 Å². The van der Waals surface area contributed by atoms with Crippen LogP contribution in [0.4, 0.5) is 0 Å². The number of nitrogens with zero attached hydrogens (tertiary/aromatic N) is 1. The zero-order valence-corrected chi connectivity index (χ0v) is 11.1. The van der Waals surface area contributed by atoms with Gasteiger partial charge in [-0.1, -0.05) is 13.8 Å². The largest absolute Gasteiger partial charge is 0.467 e. The van der Waals surface area contributed by atoms with E-state index in [-0.39, 0.29) is 18.0 Å². The van der Waals surface area contributed by atoms with E-state index in [0.717, 1.165) is 25.1 Å². The van der Waals surface area contributed by atoms with Crippen molar-refractivity contribution >= 4 is 5.91 Å². The smallest absolute Gasteiger partial charge is 0.223 e. The lowest BCUT2D eigenvalue weighted by molar-refractivity contribution is -0.138. The molecule has 2 rings (SSSR count). The predicted octanol–water partition coefficient (Wildman–Crippen LogP) is 2.32. The van der Waals surface area contributed by atoms with Crippen LogP contribution in [0.1, 0.15) is 44.9 Å². The van der Waals surface area contributed by atoms with Crippen LogP contribution in [-0.2, 0) is 4.79 Å². The summed E-state index contributed by atoms with van der Waals surface area (Å²) in [5.74, 6) is 1.58. The standard InChI is InChI=1S/C14H22N2O2/c1-10(2)7-8-16-13(17)6-5-11(15)14(16)12-4-3-9-18-12/h3-4,9-11,14H,5-8,15H2,1-2H3. The number of rotatable bonds is 4. The summed E-state index contributed by atoms with van der Waals surface area (Å²) in [6, 6.07) is 3.63. The Balaban J connectivity index is 2.16. The molecule has 2 unspecified atom stereocenters. The Morgan fingerprint density at radius 2 is 2.33 bits per heavy atom. The second-order valence-corrected chi connectivity index (χ2v) is 5.43. The molecule has 2 heterocycles. The van der Waals surface area contributed by atoms with Crippen LogP contribution in [-0.4, -0.2) is 23.4 Å². The van der Waals surface area contributed by atoms with E-state index < -0.39 is 0 Å². The molecule has 0 spiro atoms. The molecule has 0 saturated carbocycles. The van der Waals surface area contributed by atoms with Gasteiger partial charge in [0.25, 0.3) is 0 Å². The quantitative estimate of drug-likeness (QED) is 0.892. The molecule has 1 aromatic heterocycles. The van der Waals surface area contributed by atoms with Crippen LogP contribution in [0.3, 0.4) is 0 Å². The number of carbonyl (C=O) groups is 1. The minimum absolute atomic E-state index is 0.0268. The number of carbonyl (C=O) groups excluding carboxylic acids is 1. The van der Waals surface area contributed by atoms with Crippen molar-refractivity contribution in [1.82, 2.24) is 4.90 Å². The van der Waals surface area contributed by atoms with Gasteiger partial charge in [-0.15, -0.1) is 0 Å². The fourth-order valence-corrected chi connectivity index (χ4v) is 2.46. The summed E-state index contributed by atoms with van der Waals surface area (Å²) in [5.41, 5.74) is 6.18. The maximum Gasteiger partial charge on any atom is 0.223 e. The van der Waals surface area contributed by atoms with Crippen molar-refractivity contribution in [2.45, 2.75) is 45.2 Å². The van der Waals surface area contributed by atoms with Crippen molar-refractivity contribution < 1.29 is 9.21 Å². The number of nitrogens with two attached hydrogens (primary N) is 1. The van der Waals surface area contributed by atoms with Crippen LogP contribution in [0.15, 0.2) is 22.8 Å². The van der Waals surface area contributed by atoms with Crippen LogP contribution in [0.2, 0.25) is 0 Å². The molecule has 4 heteroatoms. The number of likely N-dealkylation sites (tertiary alicyclic amines) is 1. The highest BCUT2D eigenvalue weighted by Gasteiger charge is 2.36. The molecule has 0 aromatic carbocycles. The zero-order chi connectivity index (χ0) is 13.1. The van der Waals surface area contributed by atoms with Crippen LogP contribution >= 0.6 is 0 Å². The molecule has 1 saturated heterocycles. The monoisotopic (exact) mass is 250 g/mol. The maximum absolute atomic E-state index is 12.1. The third-order valence-electron chi connectivity index (χ3n) is 3.54. The topological polar surface area (TPSA) is 59.5 Å². The summed E-state index contributed by atoms with van der Waals surface area (Å²) in [6.45, 7) is 5.09. The fraction of sp³-hybridized carbons (Fsp3) is 0.643. The first-order chi connectivity index (χ1) is 8.59. The normalized spacial score (nSPS) is 24.9. The molecule has 1 aromatic rings. The van der Waals surface area contributed by atoms with E-state index in [4.69, 9.17) is 10.2 Å². The van der Waals surface area contributed by atoms with Crippen LogP contribution in [0, 0.1) is 5.92 Å². The lowest BCUT2D eigenvalue weighted by atomic mass is 9.93. The molecule has 0 bridgehead atoms. The Morgan fingerprint density at radius 3 is 2.94 bits per heavy atom. The maximum atomic E-state index is 12.1. The van der Waals surface area contributed by atoms with Gasteiger partial charge in [0.2, 0.25) is 5.91 Å². The Morgan fingerprint density at radius 1 is 1.56 bits per heavy atom. The van der Waals surface area contributed by atoms with Crippen LogP contribution < -0.4 is 5.73 Å². The minimum atomic E-state index is -0.0972. The van der Waals surface area contributed by atoms with Gasteiger partial charge in [0.15, 0.2) is 0 Å². The van der Waals surface area contributed by atoms with E-state index in [1.54, 1.807) is 6.26 Å². The molecule has 1 amide bonds. The molecule has 2 atom stereocenters. The van der Waals surface area contributed by atoms with E-state index in [2.05, 4.69) is 13.8 Å². The summed E-state index contributed by atoms with van der Waals surface area (Å²) in [4.78, 5) is 14.0. The molecular formula is C14H22N2O2. The van der Waals surface area contributed by atoms with E-state index >= 15 is 0 Å². The predicted molar refractivity (Wildman–Crippen MR) is 69.8 cm³/mol. The lowest BCUT2D eigenvalue weighted by Gasteiger charge is -2.38. The van der Waals surface area contributed by atoms with Gasteiger partial charge in [0, 0.05) is 19.0 Å². The molecule has 0 radical (unpaired) electrons. The third-order valence-corrected chi connectivity index (χ3v) is 3.54. The van der Waals surface area contributed by atoms with E-state index in [0.29, 0.717) is 12.3 Å². The first-order valence-corrected chi connectivity index (χ1v) is 6.68. The van der Waals surface area contributed by atoms with Crippen molar-refractivity contribution in [3.8, 4) is 0 Å². The number of furan rings is 1. The van der Waals surface area contributed by atoms with Gasteiger partial charge in [-0.3, -0.25) is 4.79 Å². The second-order valence-electron chi connectivity index (χ2n) is 5.43. The average Bonchev–Trinajstić information content (AvgIpc) is 2.83. The van der Waals surface area contributed by atoms with Gasteiger partial charge in [-0.05, 0) is 30.9 Å². The van der Waals surface area contributed by atoms with Crippen LogP contribution in [0.25, 0.3) is 0 Å².